The first kappa shape index (κ1) is 12.4. The van der Waals surface area contributed by atoms with Crippen molar-refractivity contribution in [1.82, 2.24) is 4.98 Å². The Bertz CT molecular complexity index is 602. The van der Waals surface area contributed by atoms with E-state index in [9.17, 15) is 4.79 Å². The first-order chi connectivity index (χ1) is 9.22. The van der Waals surface area contributed by atoms with Crippen LogP contribution in [0.15, 0.2) is 29.6 Å². The second-order valence-corrected chi connectivity index (χ2v) is 5.92. The van der Waals surface area contributed by atoms with Gasteiger partial charge in [0.1, 0.15) is 0 Å². The highest BCUT2D eigenvalue weighted by atomic mass is 32.1. The summed E-state index contributed by atoms with van der Waals surface area (Å²) in [5.74, 6) is 0.772. The van der Waals surface area contributed by atoms with Gasteiger partial charge >= 0.3 is 0 Å². The van der Waals surface area contributed by atoms with Crippen molar-refractivity contribution in [2.45, 2.75) is 31.6 Å². The Morgan fingerprint density at radius 1 is 1.42 bits per heavy atom. The van der Waals surface area contributed by atoms with Gasteiger partial charge in [0, 0.05) is 10.9 Å². The van der Waals surface area contributed by atoms with Gasteiger partial charge in [0.05, 0.1) is 12.1 Å². The van der Waals surface area contributed by atoms with Crippen molar-refractivity contribution >= 4 is 22.3 Å². The number of benzene rings is 1. The molecule has 0 saturated heterocycles. The molecule has 1 aliphatic carbocycles. The molecule has 3 nitrogen and oxygen atoms in total. The maximum Gasteiger partial charge on any atom is 0.180 e. The fourth-order valence-electron chi connectivity index (χ4n) is 2.38. The summed E-state index contributed by atoms with van der Waals surface area (Å²) in [5, 5.41) is 2.37. The number of carbonyl (C=O) groups is 1. The van der Waals surface area contributed by atoms with Crippen molar-refractivity contribution < 1.29 is 4.79 Å². The van der Waals surface area contributed by atoms with Gasteiger partial charge in [0.2, 0.25) is 0 Å². The summed E-state index contributed by atoms with van der Waals surface area (Å²) in [7, 11) is 0. The van der Waals surface area contributed by atoms with Gasteiger partial charge < -0.3 is 5.73 Å². The summed E-state index contributed by atoms with van der Waals surface area (Å²) >= 11 is 1.38. The molecule has 1 heterocycles. The topological polar surface area (TPSA) is 56.0 Å². The molecule has 1 aromatic heterocycles. The number of nitrogen functional groups attached to an aromatic ring is 1. The van der Waals surface area contributed by atoms with E-state index in [2.05, 4.69) is 11.1 Å². The molecule has 19 heavy (non-hydrogen) atoms. The minimum absolute atomic E-state index is 0.117. The van der Waals surface area contributed by atoms with Crippen LogP contribution in [0.5, 0.6) is 0 Å². The van der Waals surface area contributed by atoms with Gasteiger partial charge in [-0.15, -0.1) is 11.3 Å². The fraction of sp³-hybridized carbons (Fsp3) is 0.333. The van der Waals surface area contributed by atoms with Crippen LogP contribution in [0.1, 0.15) is 46.8 Å². The van der Waals surface area contributed by atoms with Crippen LogP contribution in [-0.4, -0.2) is 10.8 Å². The van der Waals surface area contributed by atoms with E-state index >= 15 is 0 Å². The van der Waals surface area contributed by atoms with Crippen LogP contribution < -0.4 is 5.73 Å². The first-order valence-electron chi connectivity index (χ1n) is 6.55. The number of anilines is 1. The molecule has 0 radical (unpaired) electrons. The number of rotatable bonds is 4. The van der Waals surface area contributed by atoms with Gasteiger partial charge in [-0.25, -0.2) is 4.98 Å². The Hall–Kier alpha value is -1.68. The van der Waals surface area contributed by atoms with Crippen LogP contribution in [0.3, 0.4) is 0 Å². The lowest BCUT2D eigenvalue weighted by atomic mass is 9.79. The Kier molecular flexibility index (Phi) is 3.34. The number of Topliss-reactive ketones (excluding diaryl/α,β-unsaturated/α-hetero) is 1. The molecule has 1 aromatic carbocycles. The number of ketones is 1. The van der Waals surface area contributed by atoms with Crippen molar-refractivity contribution in [3.05, 3.63) is 46.5 Å². The van der Waals surface area contributed by atoms with Gasteiger partial charge in [-0.2, -0.15) is 0 Å². The molecular formula is C15H16N2OS. The minimum atomic E-state index is 0.117. The molecule has 2 N–H and O–H groups in total. The molecule has 1 fully saturated rings. The monoisotopic (exact) mass is 272 g/mol. The molecule has 98 valence electrons. The highest BCUT2D eigenvalue weighted by molar-refractivity contribution is 7.13. The third-order valence-electron chi connectivity index (χ3n) is 3.70. The average molecular weight is 272 g/mol. The number of thiazole rings is 1. The van der Waals surface area contributed by atoms with Crippen molar-refractivity contribution in [3.63, 3.8) is 0 Å². The van der Waals surface area contributed by atoms with Gasteiger partial charge in [0.25, 0.3) is 0 Å². The average Bonchev–Trinajstić information content (AvgIpc) is 2.73. The van der Waals surface area contributed by atoms with Crippen molar-refractivity contribution in [2.24, 2.45) is 0 Å². The van der Waals surface area contributed by atoms with E-state index in [0.29, 0.717) is 17.5 Å². The van der Waals surface area contributed by atoms with Gasteiger partial charge in [-0.1, -0.05) is 24.6 Å². The molecule has 0 unspecified atom stereocenters. The summed E-state index contributed by atoms with van der Waals surface area (Å²) in [5.41, 5.74) is 8.43. The van der Waals surface area contributed by atoms with Gasteiger partial charge in [0.15, 0.2) is 10.9 Å². The molecule has 0 aliphatic heterocycles. The maximum absolute atomic E-state index is 12.2. The van der Waals surface area contributed by atoms with Crippen LogP contribution >= 0.6 is 11.3 Å². The third-order valence-corrected chi connectivity index (χ3v) is 4.42. The highest BCUT2D eigenvalue weighted by Crippen LogP contribution is 2.36. The van der Waals surface area contributed by atoms with Crippen LogP contribution in [0.2, 0.25) is 0 Å². The largest absolute Gasteiger partial charge is 0.375 e. The Morgan fingerprint density at radius 3 is 2.89 bits per heavy atom. The normalized spacial score (nSPS) is 15.2. The molecule has 3 rings (SSSR count). The fourth-order valence-corrected chi connectivity index (χ4v) is 2.94. The van der Waals surface area contributed by atoms with E-state index in [1.54, 1.807) is 0 Å². The van der Waals surface area contributed by atoms with E-state index in [1.807, 2.05) is 23.6 Å². The molecule has 0 amide bonds. The van der Waals surface area contributed by atoms with E-state index < -0.39 is 0 Å². The van der Waals surface area contributed by atoms with Crippen LogP contribution in [0.4, 0.5) is 5.13 Å². The van der Waals surface area contributed by atoms with Crippen LogP contribution in [0.25, 0.3) is 0 Å². The van der Waals surface area contributed by atoms with Crippen molar-refractivity contribution in [3.8, 4) is 0 Å². The zero-order valence-corrected chi connectivity index (χ0v) is 11.5. The smallest absolute Gasteiger partial charge is 0.180 e. The molecule has 2 aromatic rings. The lowest BCUT2D eigenvalue weighted by molar-refractivity contribution is 0.0992. The quantitative estimate of drug-likeness (QED) is 0.868. The Balaban J connectivity index is 1.75. The molecule has 4 heteroatoms. The maximum atomic E-state index is 12.2. The Labute approximate surface area is 116 Å². The summed E-state index contributed by atoms with van der Waals surface area (Å²) in [4.78, 5) is 16.4. The standard InChI is InChI=1S/C15H16N2OS/c16-15-17-13(9-19-15)8-14(18)12-6-2-5-11(7-12)10-3-1-4-10/h2,5-7,9-10H,1,3-4,8H2,(H2,16,17). The predicted octanol–water partition coefficient (Wildman–Crippen LogP) is 3.42. The summed E-state index contributed by atoms with van der Waals surface area (Å²) in [6.45, 7) is 0. The summed E-state index contributed by atoms with van der Waals surface area (Å²) in [6, 6.07) is 8.04. The third kappa shape index (κ3) is 2.68. The van der Waals surface area contributed by atoms with Crippen molar-refractivity contribution in [2.75, 3.05) is 5.73 Å². The summed E-state index contributed by atoms with van der Waals surface area (Å²) < 4.78 is 0. The van der Waals surface area contributed by atoms with E-state index in [0.717, 1.165) is 11.3 Å². The Morgan fingerprint density at radius 2 is 2.26 bits per heavy atom. The number of carbonyl (C=O) groups excluding carboxylic acids is 1. The van der Waals surface area contributed by atoms with Crippen molar-refractivity contribution in [1.29, 1.82) is 0 Å². The van der Waals surface area contributed by atoms with E-state index in [-0.39, 0.29) is 5.78 Å². The number of hydrogen-bond acceptors (Lipinski definition) is 4. The molecule has 0 spiro atoms. The van der Waals surface area contributed by atoms with Crippen LogP contribution in [-0.2, 0) is 6.42 Å². The zero-order chi connectivity index (χ0) is 13.2. The van der Waals surface area contributed by atoms with Gasteiger partial charge in [-0.3, -0.25) is 4.79 Å². The summed E-state index contributed by atoms with van der Waals surface area (Å²) in [6.07, 6.45) is 4.14. The zero-order valence-electron chi connectivity index (χ0n) is 10.6. The first-order valence-corrected chi connectivity index (χ1v) is 7.43. The molecule has 1 saturated carbocycles. The van der Waals surface area contributed by atoms with E-state index in [1.165, 1.54) is 36.2 Å². The SMILES string of the molecule is Nc1nc(CC(=O)c2cccc(C3CCC3)c2)cs1. The highest BCUT2D eigenvalue weighted by Gasteiger charge is 2.20. The molecule has 0 bridgehead atoms. The number of hydrogen-bond donors (Lipinski definition) is 1. The van der Waals surface area contributed by atoms with E-state index in [4.69, 9.17) is 5.73 Å². The number of nitrogens with zero attached hydrogens (tertiary/aromatic N) is 1. The minimum Gasteiger partial charge on any atom is -0.375 e. The molecule has 1 aliphatic rings. The number of nitrogens with two attached hydrogens (primary N) is 1. The van der Waals surface area contributed by atoms with Crippen LogP contribution in [0, 0.1) is 0 Å². The predicted molar refractivity (Wildman–Crippen MR) is 77.6 cm³/mol. The second-order valence-electron chi connectivity index (χ2n) is 5.03. The van der Waals surface area contributed by atoms with Gasteiger partial charge in [-0.05, 0) is 30.4 Å². The number of aromatic nitrogens is 1. The lowest BCUT2D eigenvalue weighted by Crippen LogP contribution is -2.10. The molecule has 0 atom stereocenters. The second kappa shape index (κ2) is 5.13. The molecular weight excluding hydrogens is 256 g/mol. The lowest BCUT2D eigenvalue weighted by Gasteiger charge is -2.26.